The molecule has 0 saturated heterocycles. The normalized spacial score (nSPS) is 11.7. The minimum atomic E-state index is -0.606. The third kappa shape index (κ3) is 2.21. The summed E-state index contributed by atoms with van der Waals surface area (Å²) in [6.45, 7) is 1.60. The molecule has 1 rings (SSSR count). The number of hydrogen-bond acceptors (Lipinski definition) is 2. The second-order valence-corrected chi connectivity index (χ2v) is 3.82. The van der Waals surface area contributed by atoms with E-state index in [4.69, 9.17) is 21.8 Å². The van der Waals surface area contributed by atoms with Gasteiger partial charge in [0.25, 0.3) is 0 Å². The van der Waals surface area contributed by atoms with Crippen molar-refractivity contribution in [2.45, 2.75) is 12.3 Å². The molecule has 0 amide bonds. The van der Waals surface area contributed by atoms with E-state index < -0.39 is 5.41 Å². The molecule has 0 aliphatic heterocycles. The van der Waals surface area contributed by atoms with Crippen molar-refractivity contribution in [1.29, 1.82) is 0 Å². The summed E-state index contributed by atoms with van der Waals surface area (Å²) >= 11 is 5.80. The van der Waals surface area contributed by atoms with Crippen molar-refractivity contribution in [2.75, 3.05) is 13.2 Å². The average molecular weight is 201 g/mol. The topological polar surface area (TPSA) is 40.5 Å². The van der Waals surface area contributed by atoms with Crippen LogP contribution in [0.4, 0.5) is 0 Å². The van der Waals surface area contributed by atoms with Crippen LogP contribution >= 0.6 is 11.6 Å². The van der Waals surface area contributed by atoms with E-state index in [9.17, 15) is 0 Å². The minimum Gasteiger partial charge on any atom is -0.395 e. The van der Waals surface area contributed by atoms with Crippen molar-refractivity contribution in [2.24, 2.45) is 0 Å². The van der Waals surface area contributed by atoms with Gasteiger partial charge in [-0.1, -0.05) is 30.7 Å². The van der Waals surface area contributed by atoms with Crippen molar-refractivity contribution >= 4 is 11.6 Å². The molecular formula is C10H13ClO2. The molecule has 0 unspecified atom stereocenters. The standard InChI is InChI=1S/C10H13ClO2/c1-10(6-12,7-13)8-3-2-4-9(11)5-8/h2-5,12-13H,6-7H2,1H3. The lowest BCUT2D eigenvalue weighted by Crippen LogP contribution is -2.30. The summed E-state index contributed by atoms with van der Waals surface area (Å²) in [7, 11) is 0. The summed E-state index contributed by atoms with van der Waals surface area (Å²) in [6.07, 6.45) is 0. The Labute approximate surface area is 82.8 Å². The third-order valence-corrected chi connectivity index (χ3v) is 2.45. The van der Waals surface area contributed by atoms with Crippen LogP contribution in [0.5, 0.6) is 0 Å². The fraction of sp³-hybridized carbons (Fsp3) is 0.400. The average Bonchev–Trinajstić information content (AvgIpc) is 2.17. The van der Waals surface area contributed by atoms with Crippen molar-refractivity contribution in [3.05, 3.63) is 34.9 Å². The van der Waals surface area contributed by atoms with Crippen molar-refractivity contribution in [3.63, 3.8) is 0 Å². The van der Waals surface area contributed by atoms with Gasteiger partial charge in [-0.05, 0) is 17.7 Å². The first-order valence-electron chi connectivity index (χ1n) is 4.10. The molecule has 1 aromatic carbocycles. The quantitative estimate of drug-likeness (QED) is 0.778. The molecule has 0 atom stereocenters. The van der Waals surface area contributed by atoms with Gasteiger partial charge in [0, 0.05) is 10.4 Å². The fourth-order valence-electron chi connectivity index (χ4n) is 1.10. The van der Waals surface area contributed by atoms with Crippen molar-refractivity contribution in [1.82, 2.24) is 0 Å². The Morgan fingerprint density at radius 1 is 1.31 bits per heavy atom. The van der Waals surface area contributed by atoms with E-state index in [-0.39, 0.29) is 13.2 Å². The van der Waals surface area contributed by atoms with Crippen LogP contribution < -0.4 is 0 Å². The second kappa shape index (κ2) is 4.09. The molecule has 0 fully saturated rings. The van der Waals surface area contributed by atoms with E-state index in [1.165, 1.54) is 0 Å². The molecule has 13 heavy (non-hydrogen) atoms. The molecule has 2 N–H and O–H groups in total. The zero-order valence-electron chi connectivity index (χ0n) is 7.50. The van der Waals surface area contributed by atoms with Crippen LogP contribution in [0.15, 0.2) is 24.3 Å². The molecule has 2 nitrogen and oxygen atoms in total. The van der Waals surface area contributed by atoms with Gasteiger partial charge in [-0.3, -0.25) is 0 Å². The number of hydrogen-bond donors (Lipinski definition) is 2. The number of benzene rings is 1. The highest BCUT2D eigenvalue weighted by atomic mass is 35.5. The molecule has 72 valence electrons. The maximum atomic E-state index is 9.13. The summed E-state index contributed by atoms with van der Waals surface area (Å²) in [5, 5.41) is 18.9. The zero-order valence-corrected chi connectivity index (χ0v) is 8.25. The van der Waals surface area contributed by atoms with Crippen LogP contribution in [0.25, 0.3) is 0 Å². The molecule has 0 spiro atoms. The highest BCUT2D eigenvalue weighted by Crippen LogP contribution is 2.24. The first kappa shape index (κ1) is 10.5. The third-order valence-electron chi connectivity index (χ3n) is 2.22. The highest BCUT2D eigenvalue weighted by Gasteiger charge is 2.24. The van der Waals surface area contributed by atoms with E-state index in [0.29, 0.717) is 5.02 Å². The fourth-order valence-corrected chi connectivity index (χ4v) is 1.29. The van der Waals surface area contributed by atoms with Crippen LogP contribution in [-0.4, -0.2) is 23.4 Å². The first-order chi connectivity index (χ1) is 6.12. The lowest BCUT2D eigenvalue weighted by molar-refractivity contribution is 0.129. The Balaban J connectivity index is 3.05. The van der Waals surface area contributed by atoms with E-state index in [1.54, 1.807) is 25.1 Å². The van der Waals surface area contributed by atoms with Gasteiger partial charge < -0.3 is 10.2 Å². The van der Waals surface area contributed by atoms with Gasteiger partial charge in [-0.2, -0.15) is 0 Å². The molecule has 0 radical (unpaired) electrons. The molecule has 0 aliphatic carbocycles. The van der Waals surface area contributed by atoms with Gasteiger partial charge in [0.05, 0.1) is 13.2 Å². The largest absolute Gasteiger partial charge is 0.395 e. The molecule has 0 aromatic heterocycles. The van der Waals surface area contributed by atoms with Gasteiger partial charge in [-0.25, -0.2) is 0 Å². The first-order valence-corrected chi connectivity index (χ1v) is 4.48. The maximum absolute atomic E-state index is 9.13. The maximum Gasteiger partial charge on any atom is 0.0547 e. The molecule has 0 bridgehead atoms. The number of rotatable bonds is 3. The molecular weight excluding hydrogens is 188 g/mol. The number of aliphatic hydroxyl groups excluding tert-OH is 2. The Morgan fingerprint density at radius 2 is 1.92 bits per heavy atom. The highest BCUT2D eigenvalue weighted by molar-refractivity contribution is 6.30. The summed E-state index contributed by atoms with van der Waals surface area (Å²) < 4.78 is 0. The lowest BCUT2D eigenvalue weighted by atomic mass is 9.84. The Bertz CT molecular complexity index is 282. The predicted octanol–water partition coefficient (Wildman–Crippen LogP) is 1.58. The summed E-state index contributed by atoms with van der Waals surface area (Å²) in [5.41, 5.74) is 0.246. The summed E-state index contributed by atoms with van der Waals surface area (Å²) in [5.74, 6) is 0. The summed E-state index contributed by atoms with van der Waals surface area (Å²) in [6, 6.07) is 7.17. The Hall–Kier alpha value is -0.570. The van der Waals surface area contributed by atoms with E-state index in [1.807, 2.05) is 6.07 Å². The lowest BCUT2D eigenvalue weighted by Gasteiger charge is -2.25. The zero-order chi connectivity index (χ0) is 9.90. The summed E-state index contributed by atoms with van der Waals surface area (Å²) in [4.78, 5) is 0. The molecule has 3 heteroatoms. The molecule has 0 saturated carbocycles. The van der Waals surface area contributed by atoms with E-state index in [0.717, 1.165) is 5.56 Å². The molecule has 0 heterocycles. The second-order valence-electron chi connectivity index (χ2n) is 3.39. The number of halogens is 1. The van der Waals surface area contributed by atoms with Crippen LogP contribution in [0.1, 0.15) is 12.5 Å². The Morgan fingerprint density at radius 3 is 2.38 bits per heavy atom. The van der Waals surface area contributed by atoms with Gasteiger partial charge >= 0.3 is 0 Å². The van der Waals surface area contributed by atoms with Gasteiger partial charge in [-0.15, -0.1) is 0 Å². The van der Waals surface area contributed by atoms with Crippen LogP contribution in [-0.2, 0) is 5.41 Å². The minimum absolute atomic E-state index is 0.0934. The van der Waals surface area contributed by atoms with E-state index in [2.05, 4.69) is 0 Å². The van der Waals surface area contributed by atoms with Crippen LogP contribution in [0.3, 0.4) is 0 Å². The Kier molecular flexibility index (Phi) is 3.31. The van der Waals surface area contributed by atoms with Gasteiger partial charge in [0.15, 0.2) is 0 Å². The number of aliphatic hydroxyl groups is 2. The monoisotopic (exact) mass is 200 g/mol. The smallest absolute Gasteiger partial charge is 0.0547 e. The SMILES string of the molecule is CC(CO)(CO)c1cccc(Cl)c1. The molecule has 0 aliphatic rings. The van der Waals surface area contributed by atoms with Crippen molar-refractivity contribution in [3.8, 4) is 0 Å². The van der Waals surface area contributed by atoms with E-state index >= 15 is 0 Å². The van der Waals surface area contributed by atoms with Crippen LogP contribution in [0.2, 0.25) is 5.02 Å². The van der Waals surface area contributed by atoms with Crippen molar-refractivity contribution < 1.29 is 10.2 Å². The van der Waals surface area contributed by atoms with Gasteiger partial charge in [0.1, 0.15) is 0 Å². The predicted molar refractivity (Wildman–Crippen MR) is 53.0 cm³/mol. The van der Waals surface area contributed by atoms with Gasteiger partial charge in [0.2, 0.25) is 0 Å². The molecule has 1 aromatic rings. The van der Waals surface area contributed by atoms with Crippen LogP contribution in [0, 0.1) is 0 Å².